The van der Waals surface area contributed by atoms with E-state index in [9.17, 15) is 9.50 Å². The van der Waals surface area contributed by atoms with Crippen LogP contribution in [0.5, 0.6) is 0 Å². The molecule has 0 aromatic heterocycles. The van der Waals surface area contributed by atoms with Crippen LogP contribution in [-0.2, 0) is 0 Å². The number of allylic oxidation sites excluding steroid dienone is 1. The third-order valence-electron chi connectivity index (χ3n) is 2.21. The number of hydrogen-bond acceptors (Lipinski definition) is 2. The van der Waals surface area contributed by atoms with Crippen molar-refractivity contribution in [3.8, 4) is 0 Å². The number of benzene rings is 1. The Morgan fingerprint density at radius 1 is 1.32 bits per heavy atom. The molecule has 0 spiro atoms. The summed E-state index contributed by atoms with van der Waals surface area (Å²) >= 11 is 0. The van der Waals surface area contributed by atoms with Gasteiger partial charge >= 0.3 is 0 Å². The van der Waals surface area contributed by atoms with Crippen molar-refractivity contribution in [2.45, 2.75) is 46.3 Å². The Balaban J connectivity index is 0.000000711. The second-order valence-electron chi connectivity index (χ2n) is 5.67. The minimum atomic E-state index is -0.728. The number of nitrogens with one attached hydrogen (secondary N) is 1. The topological polar surface area (TPSA) is 32.3 Å². The van der Waals surface area contributed by atoms with Gasteiger partial charge in [0.05, 0.1) is 5.60 Å². The summed E-state index contributed by atoms with van der Waals surface area (Å²) in [6.07, 6.45) is 0. The molecule has 108 valence electrons. The van der Waals surface area contributed by atoms with Crippen molar-refractivity contribution in [2.75, 3.05) is 6.54 Å². The van der Waals surface area contributed by atoms with Crippen LogP contribution in [0.3, 0.4) is 0 Å². The largest absolute Gasteiger partial charge is 0.389 e. The third-order valence-corrected chi connectivity index (χ3v) is 2.21. The predicted molar refractivity (Wildman–Crippen MR) is 79.6 cm³/mol. The number of aliphatic hydroxyl groups is 1. The molecule has 3 heteroatoms. The molecular formula is C16H26FNO. The van der Waals surface area contributed by atoms with E-state index in [1.807, 2.05) is 20.8 Å². The molecule has 0 saturated carbocycles. The van der Waals surface area contributed by atoms with Gasteiger partial charge in [0.25, 0.3) is 0 Å². The first-order valence-electron chi connectivity index (χ1n) is 6.45. The van der Waals surface area contributed by atoms with Gasteiger partial charge in [-0.25, -0.2) is 4.39 Å². The Labute approximate surface area is 116 Å². The zero-order chi connectivity index (χ0) is 15.1. The molecular weight excluding hydrogens is 241 g/mol. The molecule has 19 heavy (non-hydrogen) atoms. The highest BCUT2D eigenvalue weighted by Crippen LogP contribution is 2.13. The molecule has 2 N–H and O–H groups in total. The molecule has 2 nitrogen and oxygen atoms in total. The molecule has 1 aromatic carbocycles. The van der Waals surface area contributed by atoms with Gasteiger partial charge in [0.1, 0.15) is 5.82 Å². The highest BCUT2D eigenvalue weighted by molar-refractivity contribution is 5.19. The van der Waals surface area contributed by atoms with Gasteiger partial charge in [-0.15, -0.1) is 6.58 Å². The van der Waals surface area contributed by atoms with Gasteiger partial charge < -0.3 is 10.4 Å². The number of halogens is 1. The maximum Gasteiger partial charge on any atom is 0.123 e. The molecule has 0 heterocycles. The summed E-state index contributed by atoms with van der Waals surface area (Å²) in [6.45, 7) is 13.5. The standard InChI is InChI=1S/C12H18FNO.C4H8/c1-9(14-8-12(2,3)15)10-4-6-11(13)7-5-10;1-4(2)3/h4-7,9,14-15H,8H2,1-3H3;1H2,2-3H3/t9-;/m0./s1. The average molecular weight is 267 g/mol. The summed E-state index contributed by atoms with van der Waals surface area (Å²) in [5, 5.41) is 12.7. The van der Waals surface area contributed by atoms with Crippen molar-refractivity contribution in [1.82, 2.24) is 5.32 Å². The molecule has 0 aliphatic heterocycles. The first-order chi connectivity index (χ1) is 8.61. The molecule has 0 aliphatic carbocycles. The fourth-order valence-corrected chi connectivity index (χ4v) is 1.27. The van der Waals surface area contributed by atoms with Gasteiger partial charge in [-0.3, -0.25) is 0 Å². The zero-order valence-electron chi connectivity index (χ0n) is 12.6. The number of hydrogen-bond donors (Lipinski definition) is 2. The molecule has 0 amide bonds. The summed E-state index contributed by atoms with van der Waals surface area (Å²) in [5.74, 6) is -0.228. The molecule has 0 saturated heterocycles. The number of rotatable bonds is 4. The van der Waals surface area contributed by atoms with Gasteiger partial charge in [-0.2, -0.15) is 0 Å². The lowest BCUT2D eigenvalue weighted by atomic mass is 10.1. The summed E-state index contributed by atoms with van der Waals surface area (Å²) in [7, 11) is 0. The Morgan fingerprint density at radius 2 is 1.74 bits per heavy atom. The summed E-state index contributed by atoms with van der Waals surface area (Å²) < 4.78 is 12.7. The smallest absolute Gasteiger partial charge is 0.123 e. The monoisotopic (exact) mass is 267 g/mol. The van der Waals surface area contributed by atoms with E-state index in [1.54, 1.807) is 26.0 Å². The highest BCUT2D eigenvalue weighted by Gasteiger charge is 2.14. The predicted octanol–water partition coefficient (Wildman–Crippen LogP) is 3.83. The van der Waals surface area contributed by atoms with Crippen molar-refractivity contribution in [1.29, 1.82) is 0 Å². The lowest BCUT2D eigenvalue weighted by Gasteiger charge is -2.21. The van der Waals surface area contributed by atoms with Crippen LogP contribution in [0.1, 0.15) is 46.2 Å². The van der Waals surface area contributed by atoms with Crippen LogP contribution in [-0.4, -0.2) is 17.3 Å². The Bertz CT molecular complexity index is 375. The van der Waals surface area contributed by atoms with Gasteiger partial charge in [-0.1, -0.05) is 17.7 Å². The molecule has 0 fully saturated rings. The van der Waals surface area contributed by atoms with Gasteiger partial charge in [0, 0.05) is 12.6 Å². The first kappa shape index (κ1) is 17.8. The van der Waals surface area contributed by atoms with Crippen LogP contribution < -0.4 is 5.32 Å². The van der Waals surface area contributed by atoms with E-state index in [0.29, 0.717) is 6.54 Å². The fraction of sp³-hybridized carbons (Fsp3) is 0.500. The van der Waals surface area contributed by atoms with Crippen molar-refractivity contribution >= 4 is 0 Å². The van der Waals surface area contributed by atoms with E-state index >= 15 is 0 Å². The van der Waals surface area contributed by atoms with Crippen LogP contribution in [0.25, 0.3) is 0 Å². The van der Waals surface area contributed by atoms with E-state index in [0.717, 1.165) is 5.56 Å². The van der Waals surface area contributed by atoms with Crippen LogP contribution in [0.4, 0.5) is 4.39 Å². The van der Waals surface area contributed by atoms with Crippen LogP contribution in [0.15, 0.2) is 36.4 Å². The minimum absolute atomic E-state index is 0.108. The van der Waals surface area contributed by atoms with Crippen molar-refractivity contribution in [3.63, 3.8) is 0 Å². The van der Waals surface area contributed by atoms with E-state index in [-0.39, 0.29) is 11.9 Å². The lowest BCUT2D eigenvalue weighted by Crippen LogP contribution is -2.36. The quantitative estimate of drug-likeness (QED) is 0.813. The highest BCUT2D eigenvalue weighted by atomic mass is 19.1. The maximum atomic E-state index is 12.7. The Hall–Kier alpha value is -1.19. The van der Waals surface area contributed by atoms with Crippen molar-refractivity contribution in [2.24, 2.45) is 0 Å². The van der Waals surface area contributed by atoms with E-state index in [1.165, 1.54) is 17.7 Å². The SMILES string of the molecule is C=C(C)C.C[C@H](NCC(C)(C)O)c1ccc(F)cc1. The molecule has 0 radical (unpaired) electrons. The van der Waals surface area contributed by atoms with Gasteiger partial charge in [0.15, 0.2) is 0 Å². The van der Waals surface area contributed by atoms with Crippen molar-refractivity contribution < 1.29 is 9.50 Å². The second-order valence-corrected chi connectivity index (χ2v) is 5.67. The Kier molecular flexibility index (Phi) is 7.57. The van der Waals surface area contributed by atoms with Crippen LogP contribution in [0.2, 0.25) is 0 Å². The van der Waals surface area contributed by atoms with E-state index in [2.05, 4.69) is 11.9 Å². The fourth-order valence-electron chi connectivity index (χ4n) is 1.27. The van der Waals surface area contributed by atoms with Crippen molar-refractivity contribution in [3.05, 3.63) is 47.8 Å². The molecule has 0 unspecified atom stereocenters. The lowest BCUT2D eigenvalue weighted by molar-refractivity contribution is 0.0770. The summed E-state index contributed by atoms with van der Waals surface area (Å²) in [5.41, 5.74) is 1.45. The third kappa shape index (κ3) is 10.4. The normalized spacial score (nSPS) is 12.4. The minimum Gasteiger partial charge on any atom is -0.389 e. The first-order valence-corrected chi connectivity index (χ1v) is 6.45. The van der Waals surface area contributed by atoms with E-state index in [4.69, 9.17) is 0 Å². The maximum absolute atomic E-state index is 12.7. The molecule has 0 bridgehead atoms. The molecule has 0 aliphatic rings. The summed E-state index contributed by atoms with van der Waals surface area (Å²) in [4.78, 5) is 0. The van der Waals surface area contributed by atoms with Gasteiger partial charge in [0.2, 0.25) is 0 Å². The summed E-state index contributed by atoms with van der Waals surface area (Å²) in [6, 6.07) is 6.49. The molecule has 1 atom stereocenters. The Morgan fingerprint density at radius 3 is 2.11 bits per heavy atom. The van der Waals surface area contributed by atoms with Crippen LogP contribution >= 0.6 is 0 Å². The second kappa shape index (κ2) is 8.08. The average Bonchev–Trinajstić information content (AvgIpc) is 2.25. The van der Waals surface area contributed by atoms with Gasteiger partial charge in [-0.05, 0) is 52.3 Å². The van der Waals surface area contributed by atoms with Crippen LogP contribution in [0, 0.1) is 5.82 Å². The zero-order valence-corrected chi connectivity index (χ0v) is 12.6. The molecule has 1 aromatic rings. The van der Waals surface area contributed by atoms with E-state index < -0.39 is 5.60 Å². The molecule has 1 rings (SSSR count).